The fourth-order valence-electron chi connectivity index (χ4n) is 3.79. The number of benzene rings is 1. The first-order valence-electron chi connectivity index (χ1n) is 9.85. The fraction of sp³-hybridized carbons (Fsp3) is 0.261. The minimum atomic E-state index is -0.741. The van der Waals surface area contributed by atoms with Crippen LogP contribution in [0.1, 0.15) is 59.7 Å². The van der Waals surface area contributed by atoms with Crippen LogP contribution in [-0.4, -0.2) is 15.9 Å². The monoisotopic (exact) mass is 415 g/mol. The summed E-state index contributed by atoms with van der Waals surface area (Å²) in [5.74, 6) is -0.948. The predicted octanol–water partition coefficient (Wildman–Crippen LogP) is 3.10. The maximum absolute atomic E-state index is 14.2. The highest BCUT2D eigenvalue weighted by atomic mass is 19.1. The van der Waals surface area contributed by atoms with E-state index in [-0.39, 0.29) is 29.2 Å². The van der Waals surface area contributed by atoms with Crippen molar-refractivity contribution in [3.8, 4) is 12.1 Å². The van der Waals surface area contributed by atoms with Gasteiger partial charge in [-0.25, -0.2) is 4.39 Å². The Morgan fingerprint density at radius 2 is 2.03 bits per heavy atom. The number of halogens is 1. The van der Waals surface area contributed by atoms with Crippen LogP contribution in [0, 0.1) is 28.5 Å². The minimum absolute atomic E-state index is 0.0147. The van der Waals surface area contributed by atoms with Gasteiger partial charge >= 0.3 is 0 Å². The highest BCUT2D eigenvalue weighted by Gasteiger charge is 2.30. The molecule has 0 aliphatic heterocycles. The molecule has 2 heterocycles. The van der Waals surface area contributed by atoms with E-state index in [4.69, 9.17) is 5.26 Å². The van der Waals surface area contributed by atoms with Crippen LogP contribution in [0.15, 0.2) is 35.3 Å². The van der Waals surface area contributed by atoms with Gasteiger partial charge < -0.3 is 10.3 Å². The van der Waals surface area contributed by atoms with Crippen LogP contribution in [0.2, 0.25) is 0 Å². The number of aromatic amines is 1. The lowest BCUT2D eigenvalue weighted by atomic mass is 9.96. The summed E-state index contributed by atoms with van der Waals surface area (Å²) in [6, 6.07) is 9.32. The SMILES string of the molecule is C[C@H](NC(=O)Cc1c(C2CC2)c2cc(C#N)ccc2[nH]c1=O)c1ncc(C#N)cc1F. The van der Waals surface area contributed by atoms with Crippen LogP contribution in [-0.2, 0) is 11.2 Å². The third kappa shape index (κ3) is 4.01. The molecule has 1 saturated carbocycles. The van der Waals surface area contributed by atoms with Crippen molar-refractivity contribution in [2.24, 2.45) is 0 Å². The normalized spacial score (nSPS) is 13.9. The lowest BCUT2D eigenvalue weighted by Gasteiger charge is -2.16. The Morgan fingerprint density at radius 3 is 2.68 bits per heavy atom. The molecule has 1 aliphatic rings. The van der Waals surface area contributed by atoms with Gasteiger partial charge in [0.15, 0.2) is 0 Å². The molecule has 3 aromatic rings. The zero-order chi connectivity index (χ0) is 22.1. The van der Waals surface area contributed by atoms with E-state index in [1.807, 2.05) is 6.07 Å². The number of pyridine rings is 2. The number of nitrogens with zero attached hydrogens (tertiary/aromatic N) is 3. The Labute approximate surface area is 177 Å². The number of nitriles is 2. The van der Waals surface area contributed by atoms with E-state index in [2.05, 4.69) is 21.4 Å². The Balaban J connectivity index is 1.64. The largest absolute Gasteiger partial charge is 0.348 e. The van der Waals surface area contributed by atoms with Crippen molar-refractivity contribution in [2.75, 3.05) is 0 Å². The second kappa shape index (κ2) is 8.00. The molecule has 0 radical (unpaired) electrons. The van der Waals surface area contributed by atoms with Crippen molar-refractivity contribution in [3.05, 3.63) is 74.6 Å². The smallest absolute Gasteiger partial charge is 0.252 e. The van der Waals surface area contributed by atoms with Crippen LogP contribution in [0.3, 0.4) is 0 Å². The number of fused-ring (bicyclic) bond motifs is 1. The van der Waals surface area contributed by atoms with Crippen LogP contribution >= 0.6 is 0 Å². The Hall–Kier alpha value is -4.04. The summed E-state index contributed by atoms with van der Waals surface area (Å²) in [6.07, 6.45) is 2.91. The number of H-pyrrole nitrogens is 1. The van der Waals surface area contributed by atoms with Gasteiger partial charge in [0.25, 0.3) is 5.56 Å². The molecule has 1 amide bonds. The zero-order valence-electron chi connectivity index (χ0n) is 16.7. The molecular formula is C23H18FN5O2. The first-order chi connectivity index (χ1) is 14.9. The number of amides is 1. The first kappa shape index (κ1) is 20.2. The maximum atomic E-state index is 14.2. The number of hydrogen-bond donors (Lipinski definition) is 2. The molecule has 1 aromatic carbocycles. The number of rotatable bonds is 5. The molecule has 1 aliphatic carbocycles. The summed E-state index contributed by atoms with van der Waals surface area (Å²) >= 11 is 0. The van der Waals surface area contributed by atoms with E-state index in [0.29, 0.717) is 16.6 Å². The molecule has 0 bridgehead atoms. The van der Waals surface area contributed by atoms with E-state index in [0.717, 1.165) is 29.9 Å². The lowest BCUT2D eigenvalue weighted by molar-refractivity contribution is -0.121. The van der Waals surface area contributed by atoms with Gasteiger partial charge in [-0.15, -0.1) is 0 Å². The Kier molecular flexibility index (Phi) is 5.22. The molecule has 1 fully saturated rings. The van der Waals surface area contributed by atoms with Gasteiger partial charge in [0.2, 0.25) is 5.91 Å². The summed E-state index contributed by atoms with van der Waals surface area (Å²) in [6.45, 7) is 1.58. The molecule has 2 N–H and O–H groups in total. The molecule has 0 unspecified atom stereocenters. The summed E-state index contributed by atoms with van der Waals surface area (Å²) in [5, 5.41) is 21.5. The summed E-state index contributed by atoms with van der Waals surface area (Å²) in [5.41, 5.74) is 2.04. The topological polar surface area (TPSA) is 122 Å². The predicted molar refractivity (Wildman–Crippen MR) is 110 cm³/mol. The first-order valence-corrected chi connectivity index (χ1v) is 9.85. The van der Waals surface area contributed by atoms with E-state index in [9.17, 15) is 19.2 Å². The second-order valence-electron chi connectivity index (χ2n) is 7.66. The van der Waals surface area contributed by atoms with Gasteiger partial charge in [-0.3, -0.25) is 14.6 Å². The van der Waals surface area contributed by atoms with Crippen LogP contribution in [0.5, 0.6) is 0 Å². The summed E-state index contributed by atoms with van der Waals surface area (Å²) in [4.78, 5) is 32.2. The summed E-state index contributed by atoms with van der Waals surface area (Å²) < 4.78 is 14.2. The average molecular weight is 415 g/mol. The number of carbonyl (C=O) groups excluding carboxylic acids is 1. The lowest BCUT2D eigenvalue weighted by Crippen LogP contribution is -2.31. The zero-order valence-corrected chi connectivity index (χ0v) is 16.7. The van der Waals surface area contributed by atoms with Gasteiger partial charge in [0.05, 0.1) is 35.4 Å². The van der Waals surface area contributed by atoms with E-state index < -0.39 is 17.8 Å². The number of nitrogens with one attached hydrogen (secondary N) is 2. The van der Waals surface area contributed by atoms with Crippen LogP contribution < -0.4 is 10.9 Å². The standard InChI is InChI=1S/C23H18FN5O2/c1-12(22-18(24)7-14(10-26)11-27-22)28-20(30)8-17-21(15-3-4-15)16-6-13(9-25)2-5-19(16)29-23(17)31/h2,5-7,11-12,15H,3-4,8H2,1H3,(H,28,30)(H,29,31)/t12-/m0/s1. The second-order valence-corrected chi connectivity index (χ2v) is 7.66. The molecule has 31 heavy (non-hydrogen) atoms. The van der Waals surface area contributed by atoms with Crippen LogP contribution in [0.4, 0.5) is 4.39 Å². The quantitative estimate of drug-likeness (QED) is 0.663. The van der Waals surface area contributed by atoms with Crippen LogP contribution in [0.25, 0.3) is 10.9 Å². The molecule has 0 saturated heterocycles. The Morgan fingerprint density at radius 1 is 1.29 bits per heavy atom. The molecule has 1 atom stereocenters. The van der Waals surface area contributed by atoms with Gasteiger partial charge in [0.1, 0.15) is 11.9 Å². The molecule has 2 aromatic heterocycles. The third-order valence-corrected chi connectivity index (χ3v) is 5.40. The van der Waals surface area contributed by atoms with Gasteiger partial charge in [0, 0.05) is 22.7 Å². The van der Waals surface area contributed by atoms with Crippen molar-refractivity contribution < 1.29 is 9.18 Å². The van der Waals surface area contributed by atoms with Crippen molar-refractivity contribution in [1.29, 1.82) is 10.5 Å². The number of hydrogen-bond acceptors (Lipinski definition) is 5. The van der Waals surface area contributed by atoms with Crippen molar-refractivity contribution in [1.82, 2.24) is 15.3 Å². The maximum Gasteiger partial charge on any atom is 0.252 e. The van der Waals surface area contributed by atoms with E-state index in [1.165, 1.54) is 6.20 Å². The Bertz CT molecular complexity index is 1350. The average Bonchev–Trinajstić information content (AvgIpc) is 3.58. The summed E-state index contributed by atoms with van der Waals surface area (Å²) in [7, 11) is 0. The van der Waals surface area contributed by atoms with E-state index >= 15 is 0 Å². The van der Waals surface area contributed by atoms with Gasteiger partial charge in [-0.05, 0) is 55.5 Å². The molecule has 154 valence electrons. The van der Waals surface area contributed by atoms with Crippen molar-refractivity contribution in [3.63, 3.8) is 0 Å². The number of aromatic nitrogens is 2. The molecule has 4 rings (SSSR count). The highest BCUT2D eigenvalue weighted by molar-refractivity contribution is 5.87. The van der Waals surface area contributed by atoms with E-state index in [1.54, 1.807) is 25.1 Å². The molecule has 0 spiro atoms. The van der Waals surface area contributed by atoms with Gasteiger partial charge in [-0.1, -0.05) is 0 Å². The van der Waals surface area contributed by atoms with Crippen molar-refractivity contribution in [2.45, 2.75) is 38.1 Å². The molecule has 8 heteroatoms. The highest BCUT2D eigenvalue weighted by Crippen LogP contribution is 2.44. The third-order valence-electron chi connectivity index (χ3n) is 5.40. The molecular weight excluding hydrogens is 397 g/mol. The van der Waals surface area contributed by atoms with Gasteiger partial charge in [-0.2, -0.15) is 10.5 Å². The minimum Gasteiger partial charge on any atom is -0.348 e. The fourth-order valence-corrected chi connectivity index (χ4v) is 3.79. The van der Waals surface area contributed by atoms with Crippen molar-refractivity contribution >= 4 is 16.8 Å². The molecule has 7 nitrogen and oxygen atoms in total. The number of carbonyl (C=O) groups is 1.